The molecule has 2 N–H and O–H groups in total. The van der Waals surface area contributed by atoms with E-state index < -0.39 is 0 Å². The van der Waals surface area contributed by atoms with E-state index in [1.165, 1.54) is 0 Å². The summed E-state index contributed by atoms with van der Waals surface area (Å²) in [4.78, 5) is 11.4. The molecule has 19 heavy (non-hydrogen) atoms. The van der Waals surface area contributed by atoms with Gasteiger partial charge in [-0.2, -0.15) is 0 Å². The van der Waals surface area contributed by atoms with E-state index >= 15 is 0 Å². The summed E-state index contributed by atoms with van der Waals surface area (Å²) in [6.45, 7) is 4.15. The molecule has 0 bridgehead atoms. The maximum Gasteiger partial charge on any atom is 0.257 e. The van der Waals surface area contributed by atoms with Crippen LogP contribution in [0.1, 0.15) is 6.92 Å². The molecule has 0 aromatic heterocycles. The molecule has 108 valence electrons. The number of benzene rings is 1. The van der Waals surface area contributed by atoms with Crippen molar-refractivity contribution in [2.75, 3.05) is 26.2 Å². The fraction of sp³-hybridized carbons (Fsp3) is 0.417. The zero-order valence-electron chi connectivity index (χ0n) is 10.5. The predicted molar refractivity (Wildman–Crippen MR) is 80.8 cm³/mol. The van der Waals surface area contributed by atoms with Crippen molar-refractivity contribution in [2.45, 2.75) is 6.92 Å². The van der Waals surface area contributed by atoms with Crippen molar-refractivity contribution in [1.82, 2.24) is 10.6 Å². The Morgan fingerprint density at radius 1 is 1.21 bits per heavy atom. The third kappa shape index (κ3) is 8.16. The van der Waals surface area contributed by atoms with E-state index in [0.29, 0.717) is 22.3 Å². The quantitative estimate of drug-likeness (QED) is 0.757. The van der Waals surface area contributed by atoms with Gasteiger partial charge in [0.25, 0.3) is 5.91 Å². The van der Waals surface area contributed by atoms with Crippen LogP contribution in [0.2, 0.25) is 10.0 Å². The number of amides is 1. The molecule has 0 aliphatic heterocycles. The van der Waals surface area contributed by atoms with Crippen LogP contribution in [0.15, 0.2) is 18.2 Å². The number of carbonyl (C=O) groups is 1. The van der Waals surface area contributed by atoms with E-state index in [9.17, 15) is 4.79 Å². The number of likely N-dealkylation sites (N-methyl/N-ethyl adjacent to an activating group) is 1. The minimum absolute atomic E-state index is 0. The Bertz CT molecular complexity index is 382. The Hall–Kier alpha value is -0.680. The Labute approximate surface area is 129 Å². The molecular formula is C12H17Cl3N2O2. The molecule has 0 unspecified atom stereocenters. The van der Waals surface area contributed by atoms with Crippen LogP contribution in [-0.2, 0) is 4.79 Å². The number of halogens is 3. The zero-order chi connectivity index (χ0) is 13.4. The highest BCUT2D eigenvalue weighted by Crippen LogP contribution is 2.23. The summed E-state index contributed by atoms with van der Waals surface area (Å²) in [5, 5.41) is 6.78. The number of carbonyl (C=O) groups excluding carboxylic acids is 1. The van der Waals surface area contributed by atoms with Gasteiger partial charge in [-0.15, -0.1) is 12.4 Å². The first-order chi connectivity index (χ1) is 8.61. The van der Waals surface area contributed by atoms with Crippen molar-refractivity contribution >= 4 is 41.5 Å². The van der Waals surface area contributed by atoms with Gasteiger partial charge >= 0.3 is 0 Å². The largest absolute Gasteiger partial charge is 0.484 e. The highest BCUT2D eigenvalue weighted by Gasteiger charge is 2.03. The molecule has 0 spiro atoms. The summed E-state index contributed by atoms with van der Waals surface area (Å²) in [5.74, 6) is 0.304. The van der Waals surface area contributed by atoms with Crippen LogP contribution in [0.25, 0.3) is 0 Å². The van der Waals surface area contributed by atoms with Gasteiger partial charge in [-0.1, -0.05) is 30.1 Å². The van der Waals surface area contributed by atoms with Gasteiger partial charge in [-0.05, 0) is 24.7 Å². The fourth-order valence-corrected chi connectivity index (χ4v) is 1.78. The maximum absolute atomic E-state index is 11.4. The standard InChI is InChI=1S/C12H16Cl2N2O2.ClH/c1-2-15-3-4-16-12(17)8-18-11-6-9(13)5-10(14)7-11;/h5-7,15H,2-4,8H2,1H3,(H,16,17);1H. The summed E-state index contributed by atoms with van der Waals surface area (Å²) in [7, 11) is 0. The van der Waals surface area contributed by atoms with Crippen LogP contribution in [0.4, 0.5) is 0 Å². The van der Waals surface area contributed by atoms with Crippen molar-refractivity contribution in [3.63, 3.8) is 0 Å². The van der Waals surface area contributed by atoms with Crippen LogP contribution in [-0.4, -0.2) is 32.1 Å². The van der Waals surface area contributed by atoms with Crippen LogP contribution in [0.3, 0.4) is 0 Å². The topological polar surface area (TPSA) is 50.4 Å². The van der Waals surface area contributed by atoms with Crippen LogP contribution >= 0.6 is 35.6 Å². The van der Waals surface area contributed by atoms with Crippen molar-refractivity contribution in [1.29, 1.82) is 0 Å². The molecule has 0 saturated heterocycles. The molecular weight excluding hydrogens is 311 g/mol. The minimum atomic E-state index is -0.177. The minimum Gasteiger partial charge on any atom is -0.484 e. The number of ether oxygens (including phenoxy) is 1. The second-order valence-electron chi connectivity index (χ2n) is 3.60. The molecule has 1 rings (SSSR count). The molecule has 1 aromatic rings. The Balaban J connectivity index is 0.00000324. The first-order valence-corrected chi connectivity index (χ1v) is 6.43. The zero-order valence-corrected chi connectivity index (χ0v) is 12.9. The smallest absolute Gasteiger partial charge is 0.257 e. The Morgan fingerprint density at radius 3 is 2.42 bits per heavy atom. The molecule has 0 aliphatic rings. The van der Waals surface area contributed by atoms with E-state index in [-0.39, 0.29) is 24.9 Å². The summed E-state index contributed by atoms with van der Waals surface area (Å²) < 4.78 is 5.29. The maximum atomic E-state index is 11.4. The molecule has 0 aliphatic carbocycles. The lowest BCUT2D eigenvalue weighted by molar-refractivity contribution is -0.123. The van der Waals surface area contributed by atoms with E-state index in [1.807, 2.05) is 6.92 Å². The Kier molecular flexibility index (Phi) is 9.79. The van der Waals surface area contributed by atoms with E-state index in [2.05, 4.69) is 10.6 Å². The molecule has 1 aromatic carbocycles. The van der Waals surface area contributed by atoms with Crippen molar-refractivity contribution < 1.29 is 9.53 Å². The molecule has 0 saturated carbocycles. The average Bonchev–Trinajstić information content (AvgIpc) is 2.31. The van der Waals surface area contributed by atoms with Crippen molar-refractivity contribution in [3.8, 4) is 5.75 Å². The third-order valence-electron chi connectivity index (χ3n) is 2.08. The molecule has 4 nitrogen and oxygen atoms in total. The van der Waals surface area contributed by atoms with Gasteiger partial charge in [0.15, 0.2) is 6.61 Å². The predicted octanol–water partition coefficient (Wildman–Crippen LogP) is 2.52. The highest BCUT2D eigenvalue weighted by molar-refractivity contribution is 6.34. The van der Waals surface area contributed by atoms with E-state index in [1.54, 1.807) is 18.2 Å². The second-order valence-corrected chi connectivity index (χ2v) is 4.47. The average molecular weight is 328 g/mol. The van der Waals surface area contributed by atoms with Gasteiger partial charge in [-0.25, -0.2) is 0 Å². The van der Waals surface area contributed by atoms with E-state index in [4.69, 9.17) is 27.9 Å². The van der Waals surface area contributed by atoms with Crippen LogP contribution in [0.5, 0.6) is 5.75 Å². The first kappa shape index (κ1) is 18.3. The number of nitrogens with one attached hydrogen (secondary N) is 2. The molecule has 0 radical (unpaired) electrons. The first-order valence-electron chi connectivity index (χ1n) is 5.68. The van der Waals surface area contributed by atoms with Gasteiger partial charge < -0.3 is 15.4 Å². The van der Waals surface area contributed by atoms with Gasteiger partial charge in [0.1, 0.15) is 5.75 Å². The van der Waals surface area contributed by atoms with Crippen molar-refractivity contribution in [2.24, 2.45) is 0 Å². The number of rotatable bonds is 7. The molecule has 7 heteroatoms. The molecule has 0 heterocycles. The lowest BCUT2D eigenvalue weighted by atomic mass is 10.3. The summed E-state index contributed by atoms with van der Waals surface area (Å²) in [6, 6.07) is 4.82. The van der Waals surface area contributed by atoms with Gasteiger partial charge in [0.05, 0.1) is 0 Å². The monoisotopic (exact) mass is 326 g/mol. The van der Waals surface area contributed by atoms with E-state index in [0.717, 1.165) is 13.1 Å². The summed E-state index contributed by atoms with van der Waals surface area (Å²) >= 11 is 11.6. The SMILES string of the molecule is CCNCCNC(=O)COc1cc(Cl)cc(Cl)c1.Cl. The van der Waals surface area contributed by atoms with Gasteiger partial charge in [0.2, 0.25) is 0 Å². The molecule has 0 atom stereocenters. The van der Waals surface area contributed by atoms with Crippen LogP contribution < -0.4 is 15.4 Å². The number of hydrogen-bond acceptors (Lipinski definition) is 3. The summed E-state index contributed by atoms with van der Waals surface area (Å²) in [5.41, 5.74) is 0. The second kappa shape index (κ2) is 10.1. The fourth-order valence-electron chi connectivity index (χ4n) is 1.28. The van der Waals surface area contributed by atoms with Crippen molar-refractivity contribution in [3.05, 3.63) is 28.2 Å². The third-order valence-corrected chi connectivity index (χ3v) is 2.52. The highest BCUT2D eigenvalue weighted by atomic mass is 35.5. The molecule has 0 fully saturated rings. The lowest BCUT2D eigenvalue weighted by Crippen LogP contribution is -2.34. The lowest BCUT2D eigenvalue weighted by Gasteiger charge is -2.08. The van der Waals surface area contributed by atoms with Gasteiger partial charge in [-0.3, -0.25) is 4.79 Å². The molecule has 1 amide bonds. The Morgan fingerprint density at radius 2 is 1.84 bits per heavy atom. The number of hydrogen-bond donors (Lipinski definition) is 2. The summed E-state index contributed by atoms with van der Waals surface area (Å²) in [6.07, 6.45) is 0. The van der Waals surface area contributed by atoms with Crippen LogP contribution in [0, 0.1) is 0 Å². The van der Waals surface area contributed by atoms with Gasteiger partial charge in [0, 0.05) is 23.1 Å². The normalized spacial score (nSPS) is 9.63.